The van der Waals surface area contributed by atoms with Crippen LogP contribution in [0.15, 0.2) is 35.5 Å². The van der Waals surface area contributed by atoms with Crippen LogP contribution < -0.4 is 10.9 Å². The van der Waals surface area contributed by atoms with E-state index in [1.165, 1.54) is 17.7 Å². The van der Waals surface area contributed by atoms with Gasteiger partial charge in [0.05, 0.1) is 11.9 Å². The summed E-state index contributed by atoms with van der Waals surface area (Å²) in [6.45, 7) is 1.42. The molecule has 1 amide bonds. The summed E-state index contributed by atoms with van der Waals surface area (Å²) in [5, 5.41) is 2.58. The van der Waals surface area contributed by atoms with Crippen LogP contribution in [0.2, 0.25) is 0 Å². The fraction of sp³-hybridized carbons (Fsp3) is 0.167. The molecule has 18 heavy (non-hydrogen) atoms. The lowest BCUT2D eigenvalue weighted by Gasteiger charge is -2.04. The molecule has 0 saturated carbocycles. The number of hydrogen-bond acceptors (Lipinski definition) is 4. The Morgan fingerprint density at radius 1 is 1.28 bits per heavy atom. The van der Waals surface area contributed by atoms with Gasteiger partial charge < -0.3 is 9.88 Å². The molecule has 6 heteroatoms. The van der Waals surface area contributed by atoms with Crippen LogP contribution in [0.1, 0.15) is 6.92 Å². The minimum Gasteiger partial charge on any atom is -0.315 e. The SMILES string of the molecule is CC(=O)Nc1ccc(-c2cn(C)c(=O)cn2)cn1. The van der Waals surface area contributed by atoms with Crippen molar-refractivity contribution in [1.29, 1.82) is 0 Å². The first-order chi connectivity index (χ1) is 8.56. The normalized spacial score (nSPS) is 10.1. The first kappa shape index (κ1) is 12.0. The first-order valence-electron chi connectivity index (χ1n) is 5.33. The summed E-state index contributed by atoms with van der Waals surface area (Å²) < 4.78 is 1.45. The van der Waals surface area contributed by atoms with Crippen molar-refractivity contribution in [3.05, 3.63) is 41.1 Å². The van der Waals surface area contributed by atoms with Crippen LogP contribution in [0.5, 0.6) is 0 Å². The number of amides is 1. The standard InChI is InChI=1S/C12H12N4O2/c1-8(17)15-11-4-3-9(5-14-11)10-7-16(2)12(18)6-13-10/h3-7H,1-2H3,(H,14,15,17). The van der Waals surface area contributed by atoms with Crippen LogP contribution in [-0.4, -0.2) is 20.4 Å². The summed E-state index contributed by atoms with van der Waals surface area (Å²) in [6, 6.07) is 3.47. The molecule has 0 aliphatic heterocycles. The van der Waals surface area contributed by atoms with Gasteiger partial charge in [-0.2, -0.15) is 0 Å². The highest BCUT2D eigenvalue weighted by Gasteiger charge is 2.02. The van der Waals surface area contributed by atoms with Gasteiger partial charge in [-0.3, -0.25) is 9.59 Å². The van der Waals surface area contributed by atoms with Crippen molar-refractivity contribution >= 4 is 11.7 Å². The highest BCUT2D eigenvalue weighted by molar-refractivity contribution is 5.87. The zero-order valence-electron chi connectivity index (χ0n) is 10.0. The average molecular weight is 244 g/mol. The van der Waals surface area contributed by atoms with Gasteiger partial charge in [0.25, 0.3) is 5.56 Å². The van der Waals surface area contributed by atoms with Crippen molar-refractivity contribution in [3.8, 4) is 11.3 Å². The molecule has 0 unspecified atom stereocenters. The Kier molecular flexibility index (Phi) is 3.18. The highest BCUT2D eigenvalue weighted by atomic mass is 16.1. The number of aromatic nitrogens is 3. The van der Waals surface area contributed by atoms with Crippen molar-refractivity contribution in [1.82, 2.24) is 14.5 Å². The monoisotopic (exact) mass is 244 g/mol. The molecule has 2 heterocycles. The number of nitrogens with one attached hydrogen (secondary N) is 1. The molecule has 0 aromatic carbocycles. The minimum absolute atomic E-state index is 0.165. The predicted octanol–water partition coefficient (Wildman–Crippen LogP) is 0.801. The number of hydrogen-bond donors (Lipinski definition) is 1. The van der Waals surface area contributed by atoms with E-state index in [2.05, 4.69) is 15.3 Å². The third-order valence-corrected chi connectivity index (χ3v) is 2.34. The van der Waals surface area contributed by atoms with Crippen LogP contribution in [0, 0.1) is 0 Å². The maximum Gasteiger partial charge on any atom is 0.268 e. The molecule has 0 bridgehead atoms. The molecule has 1 N–H and O–H groups in total. The second-order valence-electron chi connectivity index (χ2n) is 3.83. The molecule has 0 radical (unpaired) electrons. The van der Waals surface area contributed by atoms with Crippen molar-refractivity contribution in [3.63, 3.8) is 0 Å². The molecule has 2 aromatic rings. The Labute approximate surface area is 103 Å². The topological polar surface area (TPSA) is 76.9 Å². The maximum atomic E-state index is 11.2. The van der Waals surface area contributed by atoms with Gasteiger partial charge in [0.15, 0.2) is 0 Å². The number of carbonyl (C=O) groups excluding carboxylic acids is 1. The van der Waals surface area contributed by atoms with E-state index in [-0.39, 0.29) is 11.5 Å². The fourth-order valence-electron chi connectivity index (χ4n) is 1.44. The Hall–Kier alpha value is -2.50. The van der Waals surface area contributed by atoms with Gasteiger partial charge >= 0.3 is 0 Å². The Bertz CT molecular complexity index is 631. The van der Waals surface area contributed by atoms with E-state index in [1.807, 2.05) is 0 Å². The minimum atomic E-state index is -0.171. The number of anilines is 1. The average Bonchev–Trinajstić information content (AvgIpc) is 2.33. The first-order valence-corrected chi connectivity index (χ1v) is 5.33. The molecule has 2 aromatic heterocycles. The number of carbonyl (C=O) groups is 1. The maximum absolute atomic E-state index is 11.2. The zero-order chi connectivity index (χ0) is 13.1. The molecule has 92 valence electrons. The number of nitrogens with zero attached hydrogens (tertiary/aromatic N) is 3. The molecular weight excluding hydrogens is 232 g/mol. The van der Waals surface area contributed by atoms with Crippen molar-refractivity contribution in [2.45, 2.75) is 6.92 Å². The summed E-state index contributed by atoms with van der Waals surface area (Å²) >= 11 is 0. The lowest BCUT2D eigenvalue weighted by Crippen LogP contribution is -2.15. The summed E-state index contributed by atoms with van der Waals surface area (Å²) in [5.41, 5.74) is 1.26. The van der Waals surface area contributed by atoms with Gasteiger partial charge in [0, 0.05) is 31.9 Å². The number of rotatable bonds is 2. The molecule has 6 nitrogen and oxygen atoms in total. The van der Waals surface area contributed by atoms with Crippen LogP contribution >= 0.6 is 0 Å². The van der Waals surface area contributed by atoms with E-state index in [0.29, 0.717) is 11.5 Å². The third-order valence-electron chi connectivity index (χ3n) is 2.34. The van der Waals surface area contributed by atoms with Crippen LogP contribution in [0.3, 0.4) is 0 Å². The third kappa shape index (κ3) is 2.60. The Morgan fingerprint density at radius 2 is 2.06 bits per heavy atom. The second-order valence-corrected chi connectivity index (χ2v) is 3.83. The Balaban J connectivity index is 2.31. The lowest BCUT2D eigenvalue weighted by atomic mass is 10.2. The molecule has 0 spiro atoms. The Morgan fingerprint density at radius 3 is 2.61 bits per heavy atom. The molecule has 0 fully saturated rings. The van der Waals surface area contributed by atoms with E-state index >= 15 is 0 Å². The lowest BCUT2D eigenvalue weighted by molar-refractivity contribution is -0.114. The molecule has 0 atom stereocenters. The van der Waals surface area contributed by atoms with Crippen molar-refractivity contribution in [2.24, 2.45) is 7.05 Å². The van der Waals surface area contributed by atoms with E-state index in [0.717, 1.165) is 5.56 Å². The predicted molar refractivity (Wildman–Crippen MR) is 67.0 cm³/mol. The van der Waals surface area contributed by atoms with Gasteiger partial charge in [0.2, 0.25) is 5.91 Å². The van der Waals surface area contributed by atoms with E-state index in [1.54, 1.807) is 31.6 Å². The molecule has 2 rings (SSSR count). The van der Waals surface area contributed by atoms with Crippen molar-refractivity contribution in [2.75, 3.05) is 5.32 Å². The van der Waals surface area contributed by atoms with Crippen LogP contribution in [0.25, 0.3) is 11.3 Å². The summed E-state index contributed by atoms with van der Waals surface area (Å²) in [7, 11) is 1.66. The smallest absolute Gasteiger partial charge is 0.268 e. The van der Waals surface area contributed by atoms with Gasteiger partial charge in [-0.1, -0.05) is 0 Å². The van der Waals surface area contributed by atoms with E-state index in [9.17, 15) is 9.59 Å². The molecule has 0 saturated heterocycles. The zero-order valence-corrected chi connectivity index (χ0v) is 10.0. The highest BCUT2D eigenvalue weighted by Crippen LogP contribution is 2.15. The summed E-state index contributed by atoms with van der Waals surface area (Å²) in [4.78, 5) is 30.2. The summed E-state index contributed by atoms with van der Waals surface area (Å²) in [6.07, 6.45) is 4.49. The van der Waals surface area contributed by atoms with Gasteiger partial charge in [0.1, 0.15) is 5.82 Å². The fourth-order valence-corrected chi connectivity index (χ4v) is 1.44. The quantitative estimate of drug-likeness (QED) is 0.847. The van der Waals surface area contributed by atoms with E-state index in [4.69, 9.17) is 0 Å². The molecular formula is C12H12N4O2. The largest absolute Gasteiger partial charge is 0.315 e. The molecule has 0 aliphatic rings. The number of pyridine rings is 1. The van der Waals surface area contributed by atoms with E-state index < -0.39 is 0 Å². The van der Waals surface area contributed by atoms with Gasteiger partial charge in [-0.05, 0) is 12.1 Å². The second kappa shape index (κ2) is 4.79. The molecule has 0 aliphatic carbocycles. The van der Waals surface area contributed by atoms with Crippen LogP contribution in [-0.2, 0) is 11.8 Å². The van der Waals surface area contributed by atoms with Gasteiger partial charge in [-0.25, -0.2) is 9.97 Å². The number of aryl methyl sites for hydroxylation is 1. The van der Waals surface area contributed by atoms with Gasteiger partial charge in [-0.15, -0.1) is 0 Å². The van der Waals surface area contributed by atoms with Crippen molar-refractivity contribution < 1.29 is 4.79 Å². The summed E-state index contributed by atoms with van der Waals surface area (Å²) in [5.74, 6) is 0.312. The van der Waals surface area contributed by atoms with Crippen LogP contribution in [0.4, 0.5) is 5.82 Å².